The summed E-state index contributed by atoms with van der Waals surface area (Å²) in [6, 6.07) is 0. The molecule has 0 aromatic carbocycles. The molecule has 4 atom stereocenters. The summed E-state index contributed by atoms with van der Waals surface area (Å²) in [5, 5.41) is 11.1. The van der Waals surface area contributed by atoms with E-state index in [0.717, 1.165) is 6.42 Å². The maximum atomic E-state index is 10.8. The predicted octanol–water partition coefficient (Wildman–Crippen LogP) is 2.17. The summed E-state index contributed by atoms with van der Waals surface area (Å²) in [7, 11) is 0. The third-order valence-corrected chi connectivity index (χ3v) is 4.53. The van der Waals surface area contributed by atoms with E-state index in [1.165, 1.54) is 6.33 Å². The van der Waals surface area contributed by atoms with Crippen molar-refractivity contribution in [3.05, 3.63) is 17.8 Å². The maximum absolute atomic E-state index is 10.8. The zero-order valence-electron chi connectivity index (χ0n) is 11.6. The van der Waals surface area contributed by atoms with Gasteiger partial charge in [-0.05, 0) is 13.3 Å². The minimum atomic E-state index is -0.994. The Labute approximate surface area is 121 Å². The predicted molar refractivity (Wildman–Crippen MR) is 74.3 cm³/mol. The summed E-state index contributed by atoms with van der Waals surface area (Å²) in [6.45, 7) is 5.83. The lowest BCUT2D eigenvalue weighted by Crippen LogP contribution is -2.37. The molecule has 108 valence electrons. The third kappa shape index (κ3) is 1.82. The average Bonchev–Trinajstić information content (AvgIpc) is 2.92. The Morgan fingerprint density at radius 1 is 1.45 bits per heavy atom. The van der Waals surface area contributed by atoms with Crippen molar-refractivity contribution < 1.29 is 9.84 Å². The molecule has 6 nitrogen and oxygen atoms in total. The average molecular weight is 297 g/mol. The van der Waals surface area contributed by atoms with Gasteiger partial charge in [0.2, 0.25) is 0 Å². The Morgan fingerprint density at radius 2 is 2.20 bits per heavy atom. The molecule has 0 saturated carbocycles. The van der Waals surface area contributed by atoms with Crippen LogP contribution in [0.25, 0.3) is 11.2 Å². The highest BCUT2D eigenvalue weighted by Gasteiger charge is 2.50. The molecule has 7 heteroatoms. The zero-order valence-corrected chi connectivity index (χ0v) is 12.4. The van der Waals surface area contributed by atoms with E-state index in [-0.39, 0.29) is 12.0 Å². The zero-order chi connectivity index (χ0) is 14.5. The number of fused-ring (bicyclic) bond motifs is 1. The molecule has 1 aliphatic heterocycles. The molecule has 0 bridgehead atoms. The van der Waals surface area contributed by atoms with Gasteiger partial charge in [0.1, 0.15) is 17.4 Å². The van der Waals surface area contributed by atoms with Crippen molar-refractivity contribution in [2.75, 3.05) is 0 Å². The van der Waals surface area contributed by atoms with Crippen LogP contribution in [0.1, 0.15) is 33.4 Å². The van der Waals surface area contributed by atoms with Crippen LogP contribution in [0.15, 0.2) is 12.7 Å². The lowest BCUT2D eigenvalue weighted by atomic mass is 9.87. The van der Waals surface area contributed by atoms with Crippen molar-refractivity contribution in [3.63, 3.8) is 0 Å². The van der Waals surface area contributed by atoms with Crippen LogP contribution in [0.4, 0.5) is 0 Å². The number of ether oxygens (including phenoxy) is 1. The largest absolute Gasteiger partial charge is 0.385 e. The van der Waals surface area contributed by atoms with Gasteiger partial charge in [0.05, 0.1) is 12.4 Å². The molecule has 2 aromatic rings. The van der Waals surface area contributed by atoms with Crippen LogP contribution < -0.4 is 0 Å². The smallest absolute Gasteiger partial charge is 0.167 e. The van der Waals surface area contributed by atoms with Crippen LogP contribution in [0, 0.1) is 5.92 Å². The SMILES string of the molecule is CC[C@H]1O[C@@H](n2cnc3c(Cl)ncnc32)C(C)(O)[C@H]1C. The Kier molecular flexibility index (Phi) is 3.19. The van der Waals surface area contributed by atoms with Crippen LogP contribution in [0.3, 0.4) is 0 Å². The molecule has 0 radical (unpaired) electrons. The molecule has 0 amide bonds. The summed E-state index contributed by atoms with van der Waals surface area (Å²) in [4.78, 5) is 12.3. The molecule has 2 aromatic heterocycles. The summed E-state index contributed by atoms with van der Waals surface area (Å²) >= 11 is 6.00. The fourth-order valence-electron chi connectivity index (χ4n) is 2.81. The Hall–Kier alpha value is -1.24. The van der Waals surface area contributed by atoms with E-state index in [9.17, 15) is 5.11 Å². The monoisotopic (exact) mass is 296 g/mol. The Morgan fingerprint density at radius 3 is 2.85 bits per heavy atom. The lowest BCUT2D eigenvalue weighted by molar-refractivity contribution is -0.0833. The van der Waals surface area contributed by atoms with Crippen molar-refractivity contribution >= 4 is 22.8 Å². The van der Waals surface area contributed by atoms with E-state index in [2.05, 4.69) is 15.0 Å². The number of hydrogen-bond acceptors (Lipinski definition) is 5. The van der Waals surface area contributed by atoms with Gasteiger partial charge in [-0.1, -0.05) is 25.4 Å². The molecule has 0 spiro atoms. The number of aromatic nitrogens is 4. The first-order valence-corrected chi connectivity index (χ1v) is 7.05. The number of imidazole rings is 1. The standard InChI is InChI=1S/C13H17ClN4O2/c1-4-8-7(2)13(3,19)12(20-8)18-6-17-9-10(14)15-5-16-11(9)18/h5-8,12,19H,4H2,1-3H3/t7-,8+,12+,13?/m0/s1. The number of aliphatic hydroxyl groups is 1. The Bertz CT molecular complexity index is 642. The first-order valence-electron chi connectivity index (χ1n) is 6.67. The summed E-state index contributed by atoms with van der Waals surface area (Å²) in [6.07, 6.45) is 3.29. The molecular weight excluding hydrogens is 280 g/mol. The molecule has 3 rings (SSSR count). The van der Waals surface area contributed by atoms with Crippen LogP contribution >= 0.6 is 11.6 Å². The molecule has 1 fully saturated rings. The Balaban J connectivity index is 2.10. The minimum absolute atomic E-state index is 0.00441. The second-order valence-electron chi connectivity index (χ2n) is 5.44. The number of hydrogen-bond donors (Lipinski definition) is 1. The number of nitrogens with zero attached hydrogens (tertiary/aromatic N) is 4. The van der Waals surface area contributed by atoms with Gasteiger partial charge in [0.15, 0.2) is 17.0 Å². The molecule has 3 heterocycles. The van der Waals surface area contributed by atoms with Gasteiger partial charge in [-0.15, -0.1) is 0 Å². The topological polar surface area (TPSA) is 73.1 Å². The maximum Gasteiger partial charge on any atom is 0.167 e. The first kappa shape index (κ1) is 13.7. The lowest BCUT2D eigenvalue weighted by Gasteiger charge is -2.28. The normalized spacial score (nSPS) is 34.0. The van der Waals surface area contributed by atoms with E-state index >= 15 is 0 Å². The van der Waals surface area contributed by atoms with E-state index in [4.69, 9.17) is 16.3 Å². The molecule has 1 unspecified atom stereocenters. The molecule has 1 N–H and O–H groups in total. The summed E-state index contributed by atoms with van der Waals surface area (Å²) in [5.74, 6) is 0.0206. The highest BCUT2D eigenvalue weighted by Crippen LogP contribution is 2.44. The van der Waals surface area contributed by atoms with Crippen molar-refractivity contribution in [1.29, 1.82) is 0 Å². The van der Waals surface area contributed by atoms with Gasteiger partial charge < -0.3 is 9.84 Å². The van der Waals surface area contributed by atoms with Gasteiger partial charge in [-0.3, -0.25) is 4.57 Å². The van der Waals surface area contributed by atoms with E-state index in [1.54, 1.807) is 17.8 Å². The van der Waals surface area contributed by atoms with Crippen LogP contribution in [-0.4, -0.2) is 36.3 Å². The van der Waals surface area contributed by atoms with E-state index < -0.39 is 11.8 Å². The van der Waals surface area contributed by atoms with Crippen molar-refractivity contribution in [2.45, 2.75) is 45.1 Å². The van der Waals surface area contributed by atoms with Gasteiger partial charge in [0, 0.05) is 5.92 Å². The summed E-state index contributed by atoms with van der Waals surface area (Å²) in [5.41, 5.74) is 0.0894. The van der Waals surface area contributed by atoms with Gasteiger partial charge in [0.25, 0.3) is 0 Å². The van der Waals surface area contributed by atoms with Crippen LogP contribution in [0.5, 0.6) is 0 Å². The molecule has 1 aliphatic rings. The molecule has 0 aliphatic carbocycles. The fraction of sp³-hybridized carbons (Fsp3) is 0.615. The molecular formula is C13H17ClN4O2. The number of halogens is 1. The summed E-state index contributed by atoms with van der Waals surface area (Å²) < 4.78 is 7.73. The van der Waals surface area contributed by atoms with Crippen LogP contribution in [0.2, 0.25) is 5.15 Å². The van der Waals surface area contributed by atoms with Gasteiger partial charge in [-0.25, -0.2) is 15.0 Å². The van der Waals surface area contributed by atoms with Gasteiger partial charge in [-0.2, -0.15) is 0 Å². The third-order valence-electron chi connectivity index (χ3n) is 4.25. The fourth-order valence-corrected chi connectivity index (χ4v) is 2.99. The van der Waals surface area contributed by atoms with E-state index in [1.807, 2.05) is 13.8 Å². The highest BCUT2D eigenvalue weighted by atomic mass is 35.5. The second-order valence-corrected chi connectivity index (χ2v) is 5.80. The minimum Gasteiger partial charge on any atom is -0.385 e. The van der Waals surface area contributed by atoms with Gasteiger partial charge >= 0.3 is 0 Å². The van der Waals surface area contributed by atoms with Crippen molar-refractivity contribution in [3.8, 4) is 0 Å². The van der Waals surface area contributed by atoms with E-state index in [0.29, 0.717) is 16.3 Å². The van der Waals surface area contributed by atoms with Crippen molar-refractivity contribution in [1.82, 2.24) is 19.5 Å². The molecule has 20 heavy (non-hydrogen) atoms. The number of rotatable bonds is 2. The highest BCUT2D eigenvalue weighted by molar-refractivity contribution is 6.33. The quantitative estimate of drug-likeness (QED) is 0.860. The van der Waals surface area contributed by atoms with Crippen LogP contribution in [-0.2, 0) is 4.74 Å². The molecule has 1 saturated heterocycles. The van der Waals surface area contributed by atoms with Crippen molar-refractivity contribution in [2.24, 2.45) is 5.92 Å². The second kappa shape index (κ2) is 4.65. The first-order chi connectivity index (χ1) is 9.46.